The number of amides is 1. The van der Waals surface area contributed by atoms with E-state index in [1.807, 2.05) is 47.6 Å². The number of aromatic nitrogens is 3. The second-order valence-electron chi connectivity index (χ2n) is 7.45. The topological polar surface area (TPSA) is 46.3 Å². The Morgan fingerprint density at radius 1 is 0.839 bits per heavy atom. The van der Waals surface area contributed by atoms with Gasteiger partial charge < -0.3 is 14.4 Å². The largest absolute Gasteiger partial charge is 0.368 e. The molecular weight excluding hydrogens is 393 g/mol. The lowest BCUT2D eigenvalue weighted by Gasteiger charge is -2.36. The number of carbonyl (C=O) groups is 1. The predicted octanol–water partition coefficient (Wildman–Crippen LogP) is 3.76. The molecule has 1 aliphatic rings. The maximum absolute atomic E-state index is 14.5. The van der Waals surface area contributed by atoms with Crippen molar-refractivity contribution >= 4 is 11.6 Å². The lowest BCUT2D eigenvalue weighted by Crippen LogP contribution is -2.48. The molecule has 1 saturated heterocycles. The number of para-hydroxylation sites is 2. The Hall–Kier alpha value is -3.87. The van der Waals surface area contributed by atoms with E-state index in [1.165, 1.54) is 16.9 Å². The Bertz CT molecular complexity index is 1180. The molecule has 1 amide bonds. The van der Waals surface area contributed by atoms with Gasteiger partial charge in [-0.25, -0.2) is 9.07 Å². The zero-order valence-corrected chi connectivity index (χ0v) is 16.9. The summed E-state index contributed by atoms with van der Waals surface area (Å²) in [6, 6.07) is 20.4. The third-order valence-electron chi connectivity index (χ3n) is 5.59. The van der Waals surface area contributed by atoms with Gasteiger partial charge in [-0.1, -0.05) is 30.3 Å². The molecule has 6 nitrogen and oxygen atoms in total. The molecule has 0 saturated carbocycles. The number of hydrogen-bond acceptors (Lipinski definition) is 3. The summed E-state index contributed by atoms with van der Waals surface area (Å²) in [4.78, 5) is 17.6. The van der Waals surface area contributed by atoms with E-state index >= 15 is 0 Å². The van der Waals surface area contributed by atoms with E-state index in [1.54, 1.807) is 22.8 Å². The van der Waals surface area contributed by atoms with Gasteiger partial charge in [0.05, 0.1) is 6.20 Å². The summed E-state index contributed by atoms with van der Waals surface area (Å²) in [6.07, 6.45) is 5.20. The lowest BCUT2D eigenvalue weighted by molar-refractivity contribution is 0.0746. The van der Waals surface area contributed by atoms with Gasteiger partial charge in [0.1, 0.15) is 17.1 Å². The first-order chi connectivity index (χ1) is 15.2. The number of halogens is 1. The quantitative estimate of drug-likeness (QED) is 0.510. The lowest BCUT2D eigenvalue weighted by atomic mass is 10.2. The summed E-state index contributed by atoms with van der Waals surface area (Å²) in [5.74, 6) is 0.0408. The highest BCUT2D eigenvalue weighted by Crippen LogP contribution is 2.24. The van der Waals surface area contributed by atoms with Gasteiger partial charge in [0, 0.05) is 44.3 Å². The van der Waals surface area contributed by atoms with Crippen molar-refractivity contribution in [1.29, 1.82) is 0 Å². The maximum atomic E-state index is 14.5. The monoisotopic (exact) mass is 415 g/mol. The number of anilines is 1. The first kappa shape index (κ1) is 19.1. The van der Waals surface area contributed by atoms with Gasteiger partial charge in [0.25, 0.3) is 5.91 Å². The fraction of sp³-hybridized carbons (Fsp3) is 0.167. The van der Waals surface area contributed by atoms with Crippen LogP contribution in [0.4, 0.5) is 10.1 Å². The summed E-state index contributed by atoms with van der Waals surface area (Å²) in [5, 5.41) is 4.38. The number of piperazine rings is 1. The average Bonchev–Trinajstić information content (AvgIpc) is 3.49. The average molecular weight is 415 g/mol. The minimum absolute atomic E-state index is 0.0981. The molecule has 0 aliphatic carbocycles. The molecule has 3 heterocycles. The molecule has 0 atom stereocenters. The van der Waals surface area contributed by atoms with Crippen LogP contribution in [0, 0.1) is 5.82 Å². The van der Waals surface area contributed by atoms with Crippen LogP contribution in [0.5, 0.6) is 0 Å². The summed E-state index contributed by atoms with van der Waals surface area (Å²) < 4.78 is 17.8. The Kier molecular flexibility index (Phi) is 5.00. The molecule has 0 radical (unpaired) electrons. The van der Waals surface area contributed by atoms with Crippen molar-refractivity contribution in [2.75, 3.05) is 31.1 Å². The SMILES string of the molecule is O=C(c1cnn(-c2ccccc2F)c1-n1cccc1)N1CCN(c2ccccc2)CC1. The molecule has 0 bridgehead atoms. The standard InChI is InChI=1S/C24H22FN5O/c25-21-10-4-5-11-22(21)30-23(28-12-6-7-13-28)20(18-26-30)24(31)29-16-14-27(15-17-29)19-8-2-1-3-9-19/h1-13,18H,14-17H2. The van der Waals surface area contributed by atoms with Gasteiger partial charge in [-0.2, -0.15) is 5.10 Å². The highest BCUT2D eigenvalue weighted by atomic mass is 19.1. The first-order valence-electron chi connectivity index (χ1n) is 10.3. The smallest absolute Gasteiger partial charge is 0.259 e. The maximum Gasteiger partial charge on any atom is 0.259 e. The van der Waals surface area contributed by atoms with Crippen LogP contribution in [0.1, 0.15) is 10.4 Å². The van der Waals surface area contributed by atoms with Crippen molar-refractivity contribution < 1.29 is 9.18 Å². The number of nitrogens with zero attached hydrogens (tertiary/aromatic N) is 5. The molecule has 0 N–H and O–H groups in total. The third kappa shape index (κ3) is 3.59. The summed E-state index contributed by atoms with van der Waals surface area (Å²) >= 11 is 0. The van der Waals surface area contributed by atoms with E-state index in [2.05, 4.69) is 22.1 Å². The van der Waals surface area contributed by atoms with Crippen molar-refractivity contribution in [1.82, 2.24) is 19.2 Å². The van der Waals surface area contributed by atoms with E-state index in [0.29, 0.717) is 30.2 Å². The first-order valence-corrected chi connectivity index (χ1v) is 10.3. The Labute approximate surface area is 179 Å². The van der Waals surface area contributed by atoms with Crippen LogP contribution >= 0.6 is 0 Å². The highest BCUT2D eigenvalue weighted by molar-refractivity contribution is 5.97. The van der Waals surface area contributed by atoms with Gasteiger partial charge in [0.2, 0.25) is 0 Å². The van der Waals surface area contributed by atoms with Crippen molar-refractivity contribution in [3.63, 3.8) is 0 Å². The van der Waals surface area contributed by atoms with Gasteiger partial charge in [-0.3, -0.25) is 4.79 Å². The number of benzene rings is 2. The third-order valence-corrected chi connectivity index (χ3v) is 5.59. The molecule has 1 aliphatic heterocycles. The number of hydrogen-bond donors (Lipinski definition) is 0. The van der Waals surface area contributed by atoms with Gasteiger partial charge in [-0.05, 0) is 36.4 Å². The van der Waals surface area contributed by atoms with E-state index in [9.17, 15) is 9.18 Å². The molecule has 156 valence electrons. The molecule has 7 heteroatoms. The Balaban J connectivity index is 1.44. The van der Waals surface area contributed by atoms with Crippen LogP contribution < -0.4 is 4.90 Å². The fourth-order valence-corrected chi connectivity index (χ4v) is 3.99. The normalized spacial score (nSPS) is 14.1. The molecule has 4 aromatic rings. The van der Waals surface area contributed by atoms with Crippen molar-refractivity contribution in [2.45, 2.75) is 0 Å². The van der Waals surface area contributed by atoms with Crippen LogP contribution in [-0.4, -0.2) is 51.3 Å². The summed E-state index contributed by atoms with van der Waals surface area (Å²) in [7, 11) is 0. The zero-order valence-electron chi connectivity index (χ0n) is 16.9. The fourth-order valence-electron chi connectivity index (χ4n) is 3.99. The van der Waals surface area contributed by atoms with E-state index in [-0.39, 0.29) is 5.91 Å². The Morgan fingerprint density at radius 3 is 2.23 bits per heavy atom. The van der Waals surface area contributed by atoms with Gasteiger partial charge in [0.15, 0.2) is 5.82 Å². The van der Waals surface area contributed by atoms with Crippen LogP contribution in [0.2, 0.25) is 0 Å². The molecule has 0 spiro atoms. The van der Waals surface area contributed by atoms with Crippen LogP contribution in [0.15, 0.2) is 85.3 Å². The molecular formula is C24H22FN5O. The molecule has 5 rings (SSSR count). The molecule has 1 fully saturated rings. The molecule has 31 heavy (non-hydrogen) atoms. The second kappa shape index (κ2) is 8.10. The van der Waals surface area contributed by atoms with Crippen LogP contribution in [0.25, 0.3) is 11.5 Å². The van der Waals surface area contributed by atoms with Crippen molar-refractivity contribution in [2.24, 2.45) is 0 Å². The van der Waals surface area contributed by atoms with Crippen molar-refractivity contribution in [3.05, 3.63) is 96.7 Å². The number of rotatable bonds is 4. The van der Waals surface area contributed by atoms with Crippen LogP contribution in [0.3, 0.4) is 0 Å². The molecule has 2 aromatic heterocycles. The highest BCUT2D eigenvalue weighted by Gasteiger charge is 2.27. The van der Waals surface area contributed by atoms with E-state index in [0.717, 1.165) is 18.8 Å². The van der Waals surface area contributed by atoms with E-state index < -0.39 is 5.82 Å². The number of carbonyl (C=O) groups excluding carboxylic acids is 1. The predicted molar refractivity (Wildman–Crippen MR) is 117 cm³/mol. The van der Waals surface area contributed by atoms with Gasteiger partial charge >= 0.3 is 0 Å². The van der Waals surface area contributed by atoms with Crippen molar-refractivity contribution in [3.8, 4) is 11.5 Å². The molecule has 0 unspecified atom stereocenters. The zero-order chi connectivity index (χ0) is 21.2. The van der Waals surface area contributed by atoms with E-state index in [4.69, 9.17) is 0 Å². The van der Waals surface area contributed by atoms with Gasteiger partial charge in [-0.15, -0.1) is 0 Å². The summed E-state index contributed by atoms with van der Waals surface area (Å²) in [5.41, 5.74) is 1.92. The summed E-state index contributed by atoms with van der Waals surface area (Å²) in [6.45, 7) is 2.75. The second-order valence-corrected chi connectivity index (χ2v) is 7.45. The minimum Gasteiger partial charge on any atom is -0.368 e. The molecule has 2 aromatic carbocycles. The Morgan fingerprint density at radius 2 is 1.52 bits per heavy atom. The minimum atomic E-state index is -0.394. The van der Waals surface area contributed by atoms with Crippen LogP contribution in [-0.2, 0) is 0 Å².